The first-order valence-corrected chi connectivity index (χ1v) is 5.80. The predicted molar refractivity (Wildman–Crippen MR) is 71.8 cm³/mol. The fourth-order valence-corrected chi connectivity index (χ4v) is 1.97. The molecule has 0 aliphatic heterocycles. The van der Waals surface area contributed by atoms with Crippen molar-refractivity contribution in [1.82, 2.24) is 4.98 Å². The van der Waals surface area contributed by atoms with Crippen molar-refractivity contribution in [2.45, 2.75) is 0 Å². The van der Waals surface area contributed by atoms with Crippen molar-refractivity contribution in [3.05, 3.63) is 52.3 Å². The molecule has 0 saturated carbocycles. The third-order valence-corrected chi connectivity index (χ3v) is 2.86. The van der Waals surface area contributed by atoms with E-state index in [2.05, 4.69) is 4.98 Å². The monoisotopic (exact) mass is 285 g/mol. The second kappa shape index (κ2) is 6.09. The van der Waals surface area contributed by atoms with Crippen molar-refractivity contribution in [1.29, 1.82) is 0 Å². The zero-order valence-corrected chi connectivity index (χ0v) is 9.44. The van der Waals surface area contributed by atoms with E-state index in [1.165, 1.54) is 17.4 Å². The van der Waals surface area contributed by atoms with Crippen LogP contribution < -0.4 is 10.4 Å². The fourth-order valence-electron chi connectivity index (χ4n) is 1.47. The molecular weight excluding hydrogens is 277 g/mol. The summed E-state index contributed by atoms with van der Waals surface area (Å²) in [6.45, 7) is 0. The van der Waals surface area contributed by atoms with Crippen molar-refractivity contribution >= 4 is 73.7 Å². The number of hydrogen-bond donors (Lipinski definition) is 0. The second-order valence-corrected chi connectivity index (χ2v) is 4.21. The number of nitrogens with zero attached hydrogens (tertiary/aromatic N) is 1. The summed E-state index contributed by atoms with van der Waals surface area (Å²) in [7, 11) is 0. The Morgan fingerprint density at radius 1 is 1.22 bits per heavy atom. The van der Waals surface area contributed by atoms with Gasteiger partial charge in [0.15, 0.2) is 0 Å². The molecule has 0 aliphatic rings. The number of fused-ring (bicyclic) bond motifs is 1. The molecule has 18 heavy (non-hydrogen) atoms. The molecule has 0 atom stereocenters. The van der Waals surface area contributed by atoms with Gasteiger partial charge in [-0.1, -0.05) is 11.3 Å². The summed E-state index contributed by atoms with van der Waals surface area (Å²) >= 11 is 1.40. The molecule has 0 unspecified atom stereocenters. The Kier molecular flexibility index (Phi) is 4.71. The summed E-state index contributed by atoms with van der Waals surface area (Å²) in [5, 5.41) is 3.25. The average Bonchev–Trinajstić information content (AvgIpc) is 2.81. The first kappa shape index (κ1) is 13.9. The quantitative estimate of drug-likeness (QED) is 0.536. The van der Waals surface area contributed by atoms with E-state index in [0.29, 0.717) is 16.5 Å². The molecule has 2 aromatic heterocycles. The van der Waals surface area contributed by atoms with Crippen molar-refractivity contribution in [2.24, 2.45) is 0 Å². The van der Waals surface area contributed by atoms with E-state index in [0.717, 1.165) is 5.39 Å². The van der Waals surface area contributed by atoms with Crippen LogP contribution in [0.3, 0.4) is 0 Å². The van der Waals surface area contributed by atoms with Gasteiger partial charge in [0, 0.05) is 29.1 Å². The summed E-state index contributed by atoms with van der Waals surface area (Å²) in [5.74, 6) is 0.599. The molecule has 0 radical (unpaired) electrons. The third-order valence-electron chi connectivity index (χ3n) is 2.21. The number of rotatable bonds is 2. The van der Waals surface area contributed by atoms with Crippen LogP contribution in [-0.2, 0) is 0 Å². The van der Waals surface area contributed by atoms with Crippen molar-refractivity contribution in [3.8, 4) is 10.9 Å². The molecule has 3 rings (SSSR count). The number of hydrogen-bond acceptors (Lipinski definition) is 5. The normalized spacial score (nSPS) is 10.0. The molecule has 6 heteroatoms. The molecule has 3 aromatic rings. The summed E-state index contributed by atoms with van der Waals surface area (Å²) < 4.78 is 10.6. The van der Waals surface area contributed by atoms with E-state index >= 15 is 0 Å². The topological polar surface area (TPSA) is 52.3 Å². The third kappa shape index (κ3) is 3.08. The fraction of sp³-hybridized carbons (Fsp3) is 0. The van der Waals surface area contributed by atoms with Gasteiger partial charge in [0.25, 0.3) is 5.19 Å². The van der Waals surface area contributed by atoms with E-state index in [1.54, 1.807) is 18.3 Å². The summed E-state index contributed by atoms with van der Waals surface area (Å²) in [5.41, 5.74) is 0.135. The summed E-state index contributed by atoms with van der Waals surface area (Å²) in [6, 6.07) is 8.43. The Morgan fingerprint density at radius 3 is 2.83 bits per heavy atom. The Hall–Kier alpha value is -0.504. The molecule has 0 N–H and O–H groups in total. The standard InChI is InChI=1S/C12H7NO3S.K.H/c14-11-4-2-8-1-3-9(7-10(8)16-11)15-12-13-5-6-17-12;;/h1-7H;;. The van der Waals surface area contributed by atoms with Crippen LogP contribution >= 0.6 is 11.3 Å². The molecule has 86 valence electrons. The van der Waals surface area contributed by atoms with Gasteiger partial charge in [-0.05, 0) is 18.2 Å². The van der Waals surface area contributed by atoms with Gasteiger partial charge in [-0.15, -0.1) is 0 Å². The molecule has 0 spiro atoms. The molecule has 0 saturated heterocycles. The van der Waals surface area contributed by atoms with E-state index in [9.17, 15) is 4.79 Å². The van der Waals surface area contributed by atoms with Gasteiger partial charge in [0.1, 0.15) is 11.3 Å². The molecule has 0 aliphatic carbocycles. The van der Waals surface area contributed by atoms with Gasteiger partial charge < -0.3 is 9.15 Å². The van der Waals surface area contributed by atoms with Crippen LogP contribution in [0.1, 0.15) is 0 Å². The zero-order valence-electron chi connectivity index (χ0n) is 8.62. The number of ether oxygens (including phenoxy) is 1. The summed E-state index contributed by atoms with van der Waals surface area (Å²) in [4.78, 5) is 15.1. The van der Waals surface area contributed by atoms with Crippen LogP contribution in [0, 0.1) is 0 Å². The van der Waals surface area contributed by atoms with Crippen LogP contribution in [0.5, 0.6) is 10.9 Å². The van der Waals surface area contributed by atoms with Gasteiger partial charge in [-0.3, -0.25) is 0 Å². The van der Waals surface area contributed by atoms with Gasteiger partial charge in [0.05, 0.1) is 0 Å². The van der Waals surface area contributed by atoms with E-state index < -0.39 is 0 Å². The maximum atomic E-state index is 11.1. The van der Waals surface area contributed by atoms with E-state index in [-0.39, 0.29) is 57.0 Å². The number of benzene rings is 1. The zero-order chi connectivity index (χ0) is 11.7. The van der Waals surface area contributed by atoms with Gasteiger partial charge in [-0.2, -0.15) is 0 Å². The first-order chi connectivity index (χ1) is 8.31. The molecular formula is C12H8KNO3S. The molecule has 4 nitrogen and oxygen atoms in total. The van der Waals surface area contributed by atoms with Gasteiger partial charge >= 0.3 is 57.0 Å². The molecule has 0 bridgehead atoms. The van der Waals surface area contributed by atoms with Crippen LogP contribution in [0.25, 0.3) is 11.0 Å². The van der Waals surface area contributed by atoms with Crippen LogP contribution in [0.4, 0.5) is 0 Å². The van der Waals surface area contributed by atoms with E-state index in [1.807, 2.05) is 17.5 Å². The summed E-state index contributed by atoms with van der Waals surface area (Å²) in [6.07, 6.45) is 1.67. The SMILES string of the molecule is O=c1ccc2ccc(Oc3nccs3)cc2o1.[KH]. The minimum absolute atomic E-state index is 0. The number of thiazole rings is 1. The molecule has 2 heterocycles. The second-order valence-electron chi connectivity index (χ2n) is 3.35. The van der Waals surface area contributed by atoms with E-state index in [4.69, 9.17) is 9.15 Å². The Balaban J connectivity index is 0.00000120. The van der Waals surface area contributed by atoms with Crippen LogP contribution in [0.2, 0.25) is 0 Å². The van der Waals surface area contributed by atoms with Crippen LogP contribution in [0.15, 0.2) is 51.1 Å². The predicted octanol–water partition coefficient (Wildman–Crippen LogP) is 2.39. The van der Waals surface area contributed by atoms with Gasteiger partial charge in [-0.25, -0.2) is 9.78 Å². The Bertz CT molecular complexity index is 709. The van der Waals surface area contributed by atoms with Gasteiger partial charge in [0.2, 0.25) is 0 Å². The van der Waals surface area contributed by atoms with Crippen molar-refractivity contribution in [3.63, 3.8) is 0 Å². The van der Waals surface area contributed by atoms with Crippen molar-refractivity contribution in [2.75, 3.05) is 0 Å². The number of aromatic nitrogens is 1. The Morgan fingerprint density at radius 2 is 2.06 bits per heavy atom. The molecule has 1 aromatic carbocycles. The Labute approximate surface area is 149 Å². The average molecular weight is 285 g/mol. The molecule has 0 amide bonds. The van der Waals surface area contributed by atoms with Crippen molar-refractivity contribution < 1.29 is 9.15 Å². The minimum atomic E-state index is -0.371. The first-order valence-electron chi connectivity index (χ1n) is 4.92. The molecule has 0 fully saturated rings. The maximum absolute atomic E-state index is 11.1. The van der Waals surface area contributed by atoms with Crippen LogP contribution in [-0.4, -0.2) is 56.4 Å².